The zero-order valence-electron chi connectivity index (χ0n) is 17.7. The molecule has 0 bridgehead atoms. The van der Waals surface area contributed by atoms with E-state index >= 15 is 0 Å². The normalized spacial score (nSPS) is 13.3. The summed E-state index contributed by atoms with van der Waals surface area (Å²) in [6.45, 7) is 1.93. The Hall–Kier alpha value is -3.51. The number of benzene rings is 2. The van der Waals surface area contributed by atoms with Crippen LogP contribution in [-0.4, -0.2) is 26.7 Å². The minimum Gasteiger partial charge on any atom is -0.349 e. The second-order valence-electron chi connectivity index (χ2n) is 8.18. The molecule has 0 saturated heterocycles. The van der Waals surface area contributed by atoms with Crippen molar-refractivity contribution < 1.29 is 4.79 Å². The number of halogens is 1. The number of carbonyl (C=O) groups excluding carboxylic acids is 1. The van der Waals surface area contributed by atoms with E-state index in [9.17, 15) is 9.59 Å². The number of fused-ring (bicyclic) bond motifs is 1. The highest BCUT2D eigenvalue weighted by atomic mass is 35.5. The number of nitrogens with one attached hydrogen (secondary N) is 1. The fourth-order valence-corrected chi connectivity index (χ4v) is 4.15. The Bertz CT molecular complexity index is 1440. The fraction of sp³-hybridized carbons (Fsp3) is 0.200. The molecule has 1 saturated carbocycles. The Morgan fingerprint density at radius 1 is 1.09 bits per heavy atom. The molecule has 1 amide bonds. The Morgan fingerprint density at radius 3 is 2.62 bits per heavy atom. The Kier molecular flexibility index (Phi) is 5.02. The molecule has 7 heteroatoms. The van der Waals surface area contributed by atoms with Gasteiger partial charge < -0.3 is 9.88 Å². The molecule has 2 heterocycles. The molecule has 4 aromatic rings. The summed E-state index contributed by atoms with van der Waals surface area (Å²) in [7, 11) is 1.72. The Morgan fingerprint density at radius 2 is 1.88 bits per heavy atom. The van der Waals surface area contributed by atoms with Crippen molar-refractivity contribution >= 4 is 28.4 Å². The van der Waals surface area contributed by atoms with Crippen LogP contribution in [0.25, 0.3) is 33.3 Å². The highest BCUT2D eigenvalue weighted by molar-refractivity contribution is 6.33. The predicted molar refractivity (Wildman–Crippen MR) is 126 cm³/mol. The average Bonchev–Trinajstić information content (AvgIpc) is 3.60. The van der Waals surface area contributed by atoms with E-state index in [0.717, 1.165) is 29.4 Å². The van der Waals surface area contributed by atoms with Gasteiger partial charge in [0.2, 0.25) is 0 Å². The average molecular weight is 445 g/mol. The first-order valence-electron chi connectivity index (χ1n) is 10.5. The molecule has 1 aliphatic carbocycles. The number of amides is 1. The van der Waals surface area contributed by atoms with Gasteiger partial charge in [-0.3, -0.25) is 9.59 Å². The van der Waals surface area contributed by atoms with Gasteiger partial charge in [-0.25, -0.2) is 0 Å². The largest absolute Gasteiger partial charge is 0.349 e. The van der Waals surface area contributed by atoms with Gasteiger partial charge in [0.25, 0.3) is 11.5 Å². The molecule has 160 valence electrons. The van der Waals surface area contributed by atoms with Gasteiger partial charge in [0.1, 0.15) is 5.69 Å². The van der Waals surface area contributed by atoms with E-state index < -0.39 is 0 Å². The summed E-state index contributed by atoms with van der Waals surface area (Å²) in [5.41, 5.74) is 4.44. The second kappa shape index (κ2) is 7.88. The van der Waals surface area contributed by atoms with Crippen molar-refractivity contribution in [3.8, 4) is 22.4 Å². The molecule has 6 nitrogen and oxygen atoms in total. The van der Waals surface area contributed by atoms with Gasteiger partial charge in [0, 0.05) is 35.2 Å². The highest BCUT2D eigenvalue weighted by Gasteiger charge is 2.24. The lowest BCUT2D eigenvalue weighted by Gasteiger charge is -2.14. The van der Waals surface area contributed by atoms with Gasteiger partial charge in [-0.2, -0.15) is 5.10 Å². The number of hydrogen-bond acceptors (Lipinski definition) is 4. The number of pyridine rings is 1. The smallest absolute Gasteiger partial charge is 0.258 e. The summed E-state index contributed by atoms with van der Waals surface area (Å²) in [6, 6.07) is 14.9. The highest BCUT2D eigenvalue weighted by Crippen LogP contribution is 2.32. The fourth-order valence-electron chi connectivity index (χ4n) is 3.93. The third-order valence-corrected chi connectivity index (χ3v) is 6.18. The van der Waals surface area contributed by atoms with Gasteiger partial charge in [0.05, 0.1) is 16.7 Å². The minimum absolute atomic E-state index is 0.113. The van der Waals surface area contributed by atoms with Crippen molar-refractivity contribution in [3.05, 3.63) is 81.2 Å². The lowest BCUT2D eigenvalue weighted by atomic mass is 9.97. The maximum Gasteiger partial charge on any atom is 0.258 e. The standard InChI is InChI=1S/C25H21ClN4O2/c1-14-7-8-15(24(31)28-17-9-10-17)11-19(14)20-12-16-13-27-29-22(23(16)30(2)25(20)32)18-5-3-4-6-21(18)26/h3-8,11-13,17H,9-10H2,1-2H3,(H,28,31). The molecular weight excluding hydrogens is 424 g/mol. The first-order valence-corrected chi connectivity index (χ1v) is 10.8. The van der Waals surface area contributed by atoms with Crippen molar-refractivity contribution in [1.82, 2.24) is 20.1 Å². The molecule has 1 fully saturated rings. The van der Waals surface area contributed by atoms with E-state index in [1.807, 2.05) is 37.3 Å². The molecule has 5 rings (SSSR count). The van der Waals surface area contributed by atoms with Crippen LogP contribution in [0.5, 0.6) is 0 Å². The van der Waals surface area contributed by atoms with Crippen molar-refractivity contribution in [1.29, 1.82) is 0 Å². The second-order valence-corrected chi connectivity index (χ2v) is 8.58. The summed E-state index contributed by atoms with van der Waals surface area (Å²) in [5, 5.41) is 12.7. The molecule has 0 atom stereocenters. The van der Waals surface area contributed by atoms with Crippen LogP contribution in [0.15, 0.2) is 59.5 Å². The van der Waals surface area contributed by atoms with Crippen LogP contribution in [0.4, 0.5) is 0 Å². The Balaban J connectivity index is 1.69. The van der Waals surface area contributed by atoms with Gasteiger partial charge >= 0.3 is 0 Å². The number of nitrogens with zero attached hydrogens (tertiary/aromatic N) is 3. The zero-order chi connectivity index (χ0) is 22.4. The SMILES string of the molecule is Cc1ccc(C(=O)NC2CC2)cc1-c1cc2cnnc(-c3ccccc3Cl)c2n(C)c1=O. The molecule has 2 aromatic heterocycles. The van der Waals surface area contributed by atoms with Crippen LogP contribution in [0, 0.1) is 6.92 Å². The first-order chi connectivity index (χ1) is 15.4. The van der Waals surface area contributed by atoms with E-state index in [4.69, 9.17) is 11.6 Å². The molecule has 0 spiro atoms. The molecule has 0 unspecified atom stereocenters. The number of hydrogen-bond donors (Lipinski definition) is 1. The molecule has 0 aliphatic heterocycles. The zero-order valence-corrected chi connectivity index (χ0v) is 18.5. The molecule has 2 aromatic carbocycles. The van der Waals surface area contributed by atoms with Crippen molar-refractivity contribution in [2.45, 2.75) is 25.8 Å². The third-order valence-electron chi connectivity index (χ3n) is 5.85. The summed E-state index contributed by atoms with van der Waals surface area (Å²) < 4.78 is 1.58. The van der Waals surface area contributed by atoms with E-state index in [1.165, 1.54) is 0 Å². The molecule has 1 N–H and O–H groups in total. The topological polar surface area (TPSA) is 76.9 Å². The third kappa shape index (κ3) is 3.56. The summed E-state index contributed by atoms with van der Waals surface area (Å²) in [4.78, 5) is 26.0. The lowest BCUT2D eigenvalue weighted by Crippen LogP contribution is -2.25. The number of aryl methyl sites for hydroxylation is 2. The maximum atomic E-state index is 13.5. The first kappa shape index (κ1) is 20.4. The van der Waals surface area contributed by atoms with Crippen LogP contribution in [0.1, 0.15) is 28.8 Å². The Labute approximate surface area is 189 Å². The van der Waals surface area contributed by atoms with Crippen molar-refractivity contribution in [3.63, 3.8) is 0 Å². The molecule has 32 heavy (non-hydrogen) atoms. The van der Waals surface area contributed by atoms with Gasteiger partial charge in [-0.15, -0.1) is 5.10 Å². The van der Waals surface area contributed by atoms with Crippen molar-refractivity contribution in [2.75, 3.05) is 0 Å². The van der Waals surface area contributed by atoms with Crippen LogP contribution in [0.3, 0.4) is 0 Å². The summed E-state index contributed by atoms with van der Waals surface area (Å²) in [6.07, 6.45) is 3.67. The van der Waals surface area contributed by atoms with Gasteiger partial charge in [-0.1, -0.05) is 35.9 Å². The number of carbonyl (C=O) groups is 1. The number of aromatic nitrogens is 3. The van der Waals surface area contributed by atoms with E-state index in [-0.39, 0.29) is 17.5 Å². The van der Waals surface area contributed by atoms with E-state index in [0.29, 0.717) is 32.9 Å². The van der Waals surface area contributed by atoms with Crippen molar-refractivity contribution in [2.24, 2.45) is 7.05 Å². The summed E-state index contributed by atoms with van der Waals surface area (Å²) in [5.74, 6) is -0.113. The number of rotatable bonds is 4. The lowest BCUT2D eigenvalue weighted by molar-refractivity contribution is 0.0951. The predicted octanol–water partition coefficient (Wildman–Crippen LogP) is 4.52. The quantitative estimate of drug-likeness (QED) is 0.502. The van der Waals surface area contributed by atoms with Gasteiger partial charge in [-0.05, 0) is 55.2 Å². The van der Waals surface area contributed by atoms with E-state index in [1.54, 1.807) is 36.0 Å². The molecule has 1 aliphatic rings. The maximum absolute atomic E-state index is 13.5. The van der Waals surface area contributed by atoms with Gasteiger partial charge in [0.15, 0.2) is 0 Å². The van der Waals surface area contributed by atoms with Crippen LogP contribution in [-0.2, 0) is 7.05 Å². The summed E-state index contributed by atoms with van der Waals surface area (Å²) >= 11 is 6.39. The van der Waals surface area contributed by atoms with E-state index in [2.05, 4.69) is 15.5 Å². The van der Waals surface area contributed by atoms with Crippen LogP contribution >= 0.6 is 11.6 Å². The van der Waals surface area contributed by atoms with Crippen LogP contribution < -0.4 is 10.9 Å². The monoisotopic (exact) mass is 444 g/mol. The molecular formula is C25H21ClN4O2. The van der Waals surface area contributed by atoms with Crippen LogP contribution in [0.2, 0.25) is 5.02 Å². The molecule has 0 radical (unpaired) electrons. The minimum atomic E-state index is -0.179.